The van der Waals surface area contributed by atoms with E-state index < -0.39 is 0 Å². The van der Waals surface area contributed by atoms with E-state index in [0.717, 1.165) is 5.92 Å². The minimum Gasteiger partial charge on any atom is -0.163 e. The first kappa shape index (κ1) is 6.46. The van der Waals surface area contributed by atoms with Crippen LogP contribution < -0.4 is 0 Å². The second-order valence-electron chi connectivity index (χ2n) is 2.82. The maximum atomic E-state index is 3.76. The quantitative estimate of drug-likeness (QED) is 0.535. The third kappa shape index (κ3) is 1.96. The van der Waals surface area contributed by atoms with E-state index in [9.17, 15) is 0 Å². The molecule has 0 saturated carbocycles. The second-order valence-corrected chi connectivity index (χ2v) is 2.82. The van der Waals surface area contributed by atoms with Crippen molar-refractivity contribution in [3.8, 4) is 0 Å². The third-order valence-electron chi connectivity index (χ3n) is 1.33. The molecule has 0 aromatic rings. The summed E-state index contributed by atoms with van der Waals surface area (Å²) in [5, 5.41) is 7.52. The summed E-state index contributed by atoms with van der Waals surface area (Å²) in [4.78, 5) is 0. The normalized spacial score (nSPS) is 18.1. The van der Waals surface area contributed by atoms with Crippen LogP contribution in [-0.4, -0.2) is 12.4 Å². The Morgan fingerprint density at radius 1 is 1.33 bits per heavy atom. The SMILES string of the molecule is CC(C)CC1C=NN=C1. The van der Waals surface area contributed by atoms with Crippen molar-refractivity contribution < 1.29 is 0 Å². The molecule has 0 bridgehead atoms. The molecule has 2 nitrogen and oxygen atoms in total. The van der Waals surface area contributed by atoms with Crippen LogP contribution in [0.3, 0.4) is 0 Å². The molecule has 2 heteroatoms. The fourth-order valence-electron chi connectivity index (χ4n) is 0.953. The van der Waals surface area contributed by atoms with Crippen LogP contribution in [0.2, 0.25) is 0 Å². The maximum Gasteiger partial charge on any atom is 0.0355 e. The van der Waals surface area contributed by atoms with E-state index in [1.54, 1.807) is 0 Å². The highest BCUT2D eigenvalue weighted by molar-refractivity contribution is 5.86. The van der Waals surface area contributed by atoms with E-state index in [0.29, 0.717) is 5.92 Å². The maximum absolute atomic E-state index is 3.76. The summed E-state index contributed by atoms with van der Waals surface area (Å²) in [5.74, 6) is 1.25. The van der Waals surface area contributed by atoms with E-state index in [2.05, 4.69) is 24.1 Å². The predicted molar refractivity (Wildman–Crippen MR) is 39.9 cm³/mol. The zero-order valence-electron chi connectivity index (χ0n) is 5.91. The first-order valence-corrected chi connectivity index (χ1v) is 3.35. The molecule has 0 aromatic heterocycles. The van der Waals surface area contributed by atoms with Crippen LogP contribution in [0.4, 0.5) is 0 Å². The summed E-state index contributed by atoms with van der Waals surface area (Å²) in [7, 11) is 0. The van der Waals surface area contributed by atoms with E-state index >= 15 is 0 Å². The van der Waals surface area contributed by atoms with Crippen molar-refractivity contribution >= 4 is 12.4 Å². The average Bonchev–Trinajstić information content (AvgIpc) is 2.15. The first-order chi connectivity index (χ1) is 4.29. The van der Waals surface area contributed by atoms with Crippen molar-refractivity contribution in [2.24, 2.45) is 22.0 Å². The highest BCUT2D eigenvalue weighted by atomic mass is 15.2. The van der Waals surface area contributed by atoms with Crippen molar-refractivity contribution in [3.63, 3.8) is 0 Å². The molecule has 0 N–H and O–H groups in total. The molecule has 0 atom stereocenters. The summed E-state index contributed by atoms with van der Waals surface area (Å²) in [6.07, 6.45) is 4.98. The minimum atomic E-state index is 0.505. The Kier molecular flexibility index (Phi) is 1.98. The fourth-order valence-corrected chi connectivity index (χ4v) is 0.953. The molecule has 0 aliphatic carbocycles. The predicted octanol–water partition coefficient (Wildman–Crippen LogP) is 1.72. The van der Waals surface area contributed by atoms with Crippen LogP contribution in [0.1, 0.15) is 20.3 Å². The topological polar surface area (TPSA) is 24.7 Å². The van der Waals surface area contributed by atoms with Crippen molar-refractivity contribution in [1.82, 2.24) is 0 Å². The van der Waals surface area contributed by atoms with Crippen molar-refractivity contribution in [1.29, 1.82) is 0 Å². The van der Waals surface area contributed by atoms with Crippen LogP contribution in [-0.2, 0) is 0 Å². The molecule has 0 spiro atoms. The van der Waals surface area contributed by atoms with Gasteiger partial charge in [0.2, 0.25) is 0 Å². The van der Waals surface area contributed by atoms with E-state index in [-0.39, 0.29) is 0 Å². The van der Waals surface area contributed by atoms with Gasteiger partial charge in [-0.1, -0.05) is 13.8 Å². The minimum absolute atomic E-state index is 0.505. The molecule has 0 fully saturated rings. The molecule has 0 unspecified atom stereocenters. The Morgan fingerprint density at radius 3 is 2.33 bits per heavy atom. The average molecular weight is 124 g/mol. The van der Waals surface area contributed by atoms with E-state index in [4.69, 9.17) is 0 Å². The summed E-state index contributed by atoms with van der Waals surface area (Å²) in [5.41, 5.74) is 0. The second kappa shape index (κ2) is 2.76. The van der Waals surface area contributed by atoms with Gasteiger partial charge in [-0.15, -0.1) is 0 Å². The van der Waals surface area contributed by atoms with Gasteiger partial charge < -0.3 is 0 Å². The van der Waals surface area contributed by atoms with Gasteiger partial charge in [0.25, 0.3) is 0 Å². The zero-order chi connectivity index (χ0) is 6.69. The Hall–Kier alpha value is -0.660. The van der Waals surface area contributed by atoms with Crippen molar-refractivity contribution in [2.75, 3.05) is 0 Å². The zero-order valence-corrected chi connectivity index (χ0v) is 5.91. The van der Waals surface area contributed by atoms with Crippen LogP contribution in [0.25, 0.3) is 0 Å². The van der Waals surface area contributed by atoms with Crippen molar-refractivity contribution in [3.05, 3.63) is 0 Å². The number of hydrogen-bond donors (Lipinski definition) is 0. The molecule has 50 valence electrons. The van der Waals surface area contributed by atoms with Crippen molar-refractivity contribution in [2.45, 2.75) is 20.3 Å². The van der Waals surface area contributed by atoms with Gasteiger partial charge in [-0.05, 0) is 12.3 Å². The molecule has 1 aliphatic rings. The molecule has 0 saturated heterocycles. The number of hydrogen-bond acceptors (Lipinski definition) is 2. The molecule has 1 heterocycles. The standard InChI is InChI=1S/C7H12N2/c1-6(2)3-7-4-8-9-5-7/h4-7H,3H2,1-2H3. The van der Waals surface area contributed by atoms with Gasteiger partial charge in [-0.2, -0.15) is 10.2 Å². The molecule has 1 rings (SSSR count). The molecular formula is C7H12N2. The molecule has 0 radical (unpaired) electrons. The van der Waals surface area contributed by atoms with Gasteiger partial charge in [0.1, 0.15) is 0 Å². The lowest BCUT2D eigenvalue weighted by atomic mass is 10.00. The van der Waals surface area contributed by atoms with Gasteiger partial charge in [-0.25, -0.2) is 0 Å². The van der Waals surface area contributed by atoms with Gasteiger partial charge >= 0.3 is 0 Å². The summed E-state index contributed by atoms with van der Waals surface area (Å²) < 4.78 is 0. The first-order valence-electron chi connectivity index (χ1n) is 3.35. The molecule has 0 aromatic carbocycles. The summed E-state index contributed by atoms with van der Waals surface area (Å²) in [6.45, 7) is 4.42. The van der Waals surface area contributed by atoms with Crippen LogP contribution in [0.15, 0.2) is 10.2 Å². The lowest BCUT2D eigenvalue weighted by molar-refractivity contribution is 0.573. The molecule has 9 heavy (non-hydrogen) atoms. The smallest absolute Gasteiger partial charge is 0.0355 e. The summed E-state index contributed by atoms with van der Waals surface area (Å²) in [6, 6.07) is 0. The highest BCUT2D eigenvalue weighted by Gasteiger charge is 2.07. The Labute approximate surface area is 55.7 Å². The van der Waals surface area contributed by atoms with Gasteiger partial charge in [-0.3, -0.25) is 0 Å². The van der Waals surface area contributed by atoms with Crippen LogP contribution in [0.5, 0.6) is 0 Å². The third-order valence-corrected chi connectivity index (χ3v) is 1.33. The monoisotopic (exact) mass is 124 g/mol. The lowest BCUT2D eigenvalue weighted by Crippen LogP contribution is -2.03. The van der Waals surface area contributed by atoms with E-state index in [1.165, 1.54) is 6.42 Å². The number of rotatable bonds is 2. The van der Waals surface area contributed by atoms with Crippen LogP contribution in [0, 0.1) is 11.8 Å². The van der Waals surface area contributed by atoms with Crippen LogP contribution >= 0.6 is 0 Å². The Balaban J connectivity index is 2.29. The fraction of sp³-hybridized carbons (Fsp3) is 0.714. The lowest BCUT2D eigenvalue weighted by Gasteiger charge is -2.04. The Morgan fingerprint density at radius 2 is 1.89 bits per heavy atom. The molecule has 1 aliphatic heterocycles. The van der Waals surface area contributed by atoms with E-state index in [1.807, 2.05) is 12.4 Å². The molecule has 0 amide bonds. The van der Waals surface area contributed by atoms with Gasteiger partial charge in [0.15, 0.2) is 0 Å². The largest absolute Gasteiger partial charge is 0.163 e. The molecular weight excluding hydrogens is 112 g/mol. The van der Waals surface area contributed by atoms with Gasteiger partial charge in [0.05, 0.1) is 0 Å². The summed E-state index contributed by atoms with van der Waals surface area (Å²) >= 11 is 0. The Bertz CT molecular complexity index is 124. The highest BCUT2D eigenvalue weighted by Crippen LogP contribution is 2.10. The van der Waals surface area contributed by atoms with Gasteiger partial charge in [0, 0.05) is 18.3 Å². The number of nitrogens with zero attached hydrogens (tertiary/aromatic N) is 2.